The molecule has 0 saturated carbocycles. The van der Waals surface area contributed by atoms with Crippen molar-refractivity contribution in [3.05, 3.63) is 41.1 Å². The zero-order chi connectivity index (χ0) is 21.9. The van der Waals surface area contributed by atoms with E-state index in [9.17, 15) is 22.2 Å². The Bertz CT molecular complexity index is 958. The predicted molar refractivity (Wildman–Crippen MR) is 109 cm³/mol. The second-order valence-electron chi connectivity index (χ2n) is 7.21. The van der Waals surface area contributed by atoms with Gasteiger partial charge in [0.15, 0.2) is 11.5 Å². The first-order chi connectivity index (χ1) is 14.2. The van der Waals surface area contributed by atoms with Crippen molar-refractivity contribution in [3.63, 3.8) is 0 Å². The number of carbonyl (C=O) groups is 1. The highest BCUT2D eigenvalue weighted by molar-refractivity contribution is 7.84. The lowest BCUT2D eigenvalue weighted by atomic mass is 10.1. The Morgan fingerprint density at radius 3 is 2.40 bits per heavy atom. The molecule has 1 atom stereocenters. The summed E-state index contributed by atoms with van der Waals surface area (Å²) in [5.74, 6) is -0.540. The van der Waals surface area contributed by atoms with Gasteiger partial charge in [0.1, 0.15) is 0 Å². The Morgan fingerprint density at radius 2 is 1.80 bits per heavy atom. The van der Waals surface area contributed by atoms with E-state index in [4.69, 9.17) is 0 Å². The molecule has 1 saturated heterocycles. The van der Waals surface area contributed by atoms with E-state index in [1.54, 1.807) is 18.2 Å². The van der Waals surface area contributed by atoms with Crippen molar-refractivity contribution >= 4 is 28.2 Å². The number of alkyl halides is 3. The summed E-state index contributed by atoms with van der Waals surface area (Å²) < 4.78 is 52.0. The molecule has 10 heteroatoms. The molecule has 0 aliphatic carbocycles. The number of anilines is 2. The molecule has 1 aliphatic rings. The van der Waals surface area contributed by atoms with Crippen molar-refractivity contribution in [2.45, 2.75) is 43.7 Å². The number of amides is 1. The monoisotopic (exact) mass is 440 g/mol. The van der Waals surface area contributed by atoms with E-state index in [1.807, 2.05) is 4.90 Å². The number of halogens is 3. The van der Waals surface area contributed by atoms with Crippen molar-refractivity contribution in [3.8, 4) is 0 Å². The van der Waals surface area contributed by atoms with Crippen LogP contribution in [-0.4, -0.2) is 39.7 Å². The number of benzene rings is 1. The van der Waals surface area contributed by atoms with E-state index < -0.39 is 28.6 Å². The van der Waals surface area contributed by atoms with Gasteiger partial charge < -0.3 is 10.2 Å². The first-order valence-corrected chi connectivity index (χ1v) is 11.2. The highest BCUT2D eigenvalue weighted by Crippen LogP contribution is 2.34. The molecule has 1 N–H and O–H groups in total. The van der Waals surface area contributed by atoms with Gasteiger partial charge in [-0.15, -0.1) is 10.2 Å². The van der Waals surface area contributed by atoms with Gasteiger partial charge in [-0.3, -0.25) is 9.00 Å². The molecule has 3 rings (SSSR count). The summed E-state index contributed by atoms with van der Waals surface area (Å²) in [6.07, 6.45) is 0.561. The highest BCUT2D eigenvalue weighted by atomic mass is 32.2. The van der Waals surface area contributed by atoms with Gasteiger partial charge in [0, 0.05) is 40.7 Å². The number of rotatable bonds is 4. The molecular formula is C20H23F3N4O2S. The fraction of sp³-hybridized carbons (Fsp3) is 0.450. The maximum atomic E-state index is 13.4. The number of hydrogen-bond acceptors (Lipinski definition) is 5. The van der Waals surface area contributed by atoms with E-state index >= 15 is 0 Å². The van der Waals surface area contributed by atoms with Crippen molar-refractivity contribution in [2.24, 2.45) is 0 Å². The lowest BCUT2D eigenvalue weighted by Gasteiger charge is -2.25. The highest BCUT2D eigenvalue weighted by Gasteiger charge is 2.38. The van der Waals surface area contributed by atoms with Crippen LogP contribution in [-0.2, 0) is 17.0 Å². The normalized spacial score (nSPS) is 16.1. The fourth-order valence-corrected chi connectivity index (χ4v) is 4.06. The van der Waals surface area contributed by atoms with Gasteiger partial charge in [-0.1, -0.05) is 18.9 Å². The van der Waals surface area contributed by atoms with Crippen molar-refractivity contribution in [1.29, 1.82) is 0 Å². The molecule has 1 amide bonds. The first-order valence-electron chi connectivity index (χ1n) is 9.62. The van der Waals surface area contributed by atoms with E-state index in [1.165, 1.54) is 19.2 Å². The SMILES string of the molecule is Cc1c(C(F)(F)F)nnc(N2CCCCCC2)c1C(=O)Nc1cccc(S(C)=O)c1. The minimum Gasteiger partial charge on any atom is -0.354 e. The van der Waals surface area contributed by atoms with Gasteiger partial charge in [-0.25, -0.2) is 0 Å². The second-order valence-corrected chi connectivity index (χ2v) is 8.59. The first kappa shape index (κ1) is 22.2. The van der Waals surface area contributed by atoms with Crippen LogP contribution in [0.4, 0.5) is 24.7 Å². The maximum Gasteiger partial charge on any atom is 0.435 e. The van der Waals surface area contributed by atoms with Gasteiger partial charge in [-0.05, 0) is 43.5 Å². The molecule has 162 valence electrons. The fourth-order valence-electron chi connectivity index (χ4n) is 3.50. The molecule has 1 aromatic carbocycles. The Labute approximate surface area is 175 Å². The van der Waals surface area contributed by atoms with Crippen LogP contribution in [0, 0.1) is 6.92 Å². The average Bonchev–Trinajstić information content (AvgIpc) is 2.96. The summed E-state index contributed by atoms with van der Waals surface area (Å²) in [6.45, 7) is 2.44. The van der Waals surface area contributed by atoms with Crippen LogP contribution in [0.25, 0.3) is 0 Å². The van der Waals surface area contributed by atoms with E-state index in [-0.39, 0.29) is 16.9 Å². The standard InChI is InChI=1S/C20H23F3N4O2S/c1-13-16(19(28)24-14-8-7-9-15(12-14)30(2)29)18(26-25-17(13)20(21,22)23)27-10-5-3-4-6-11-27/h7-9,12H,3-6,10-11H2,1-2H3,(H,24,28). The largest absolute Gasteiger partial charge is 0.435 e. The van der Waals surface area contributed by atoms with Crippen LogP contribution < -0.4 is 10.2 Å². The Hall–Kier alpha value is -2.49. The topological polar surface area (TPSA) is 75.2 Å². The van der Waals surface area contributed by atoms with Gasteiger partial charge in [0.25, 0.3) is 5.91 Å². The number of nitrogens with one attached hydrogen (secondary N) is 1. The van der Waals surface area contributed by atoms with Crippen molar-refractivity contribution in [2.75, 3.05) is 29.6 Å². The van der Waals surface area contributed by atoms with Gasteiger partial charge in [0.05, 0.1) is 5.56 Å². The number of hydrogen-bond donors (Lipinski definition) is 1. The van der Waals surface area contributed by atoms with E-state index in [0.29, 0.717) is 23.7 Å². The van der Waals surface area contributed by atoms with Gasteiger partial charge in [-0.2, -0.15) is 13.2 Å². The second kappa shape index (κ2) is 9.11. The third kappa shape index (κ3) is 4.97. The molecule has 1 fully saturated rings. The zero-order valence-corrected chi connectivity index (χ0v) is 17.6. The number of aromatic nitrogens is 2. The minimum absolute atomic E-state index is 0.137. The van der Waals surface area contributed by atoms with Crippen LogP contribution in [0.1, 0.15) is 47.3 Å². The smallest absolute Gasteiger partial charge is 0.354 e. The van der Waals surface area contributed by atoms with Crippen LogP contribution in [0.3, 0.4) is 0 Å². The lowest BCUT2D eigenvalue weighted by molar-refractivity contribution is -0.142. The van der Waals surface area contributed by atoms with Crippen LogP contribution in [0.2, 0.25) is 0 Å². The minimum atomic E-state index is -4.72. The summed E-state index contributed by atoms with van der Waals surface area (Å²) in [6, 6.07) is 6.40. The molecule has 1 aromatic heterocycles. The van der Waals surface area contributed by atoms with Crippen LogP contribution in [0.5, 0.6) is 0 Å². The molecule has 0 radical (unpaired) electrons. The van der Waals surface area contributed by atoms with E-state index in [0.717, 1.165) is 25.7 Å². The molecule has 1 unspecified atom stereocenters. The molecule has 2 heterocycles. The third-order valence-corrected chi connectivity index (χ3v) is 5.94. The quantitative estimate of drug-likeness (QED) is 0.772. The van der Waals surface area contributed by atoms with Crippen molar-refractivity contribution < 1.29 is 22.2 Å². The summed E-state index contributed by atoms with van der Waals surface area (Å²) in [4.78, 5) is 15.4. The lowest BCUT2D eigenvalue weighted by Crippen LogP contribution is -2.30. The predicted octanol–water partition coefficient (Wildman–Crippen LogP) is 4.17. The van der Waals surface area contributed by atoms with Crippen LogP contribution >= 0.6 is 0 Å². The van der Waals surface area contributed by atoms with Gasteiger partial charge in [0.2, 0.25) is 0 Å². The number of nitrogens with zero attached hydrogens (tertiary/aromatic N) is 3. The zero-order valence-electron chi connectivity index (χ0n) is 16.8. The average molecular weight is 440 g/mol. The van der Waals surface area contributed by atoms with Crippen molar-refractivity contribution in [1.82, 2.24) is 10.2 Å². The molecule has 2 aromatic rings. The van der Waals surface area contributed by atoms with Gasteiger partial charge >= 0.3 is 6.18 Å². The number of carbonyl (C=O) groups excluding carboxylic acids is 1. The Kier molecular flexibility index (Phi) is 6.74. The third-order valence-electron chi connectivity index (χ3n) is 5.02. The Morgan fingerprint density at radius 1 is 1.13 bits per heavy atom. The summed E-state index contributed by atoms with van der Waals surface area (Å²) in [5.41, 5.74) is -1.22. The molecule has 0 spiro atoms. The molecule has 0 bridgehead atoms. The Balaban J connectivity index is 2.04. The van der Waals surface area contributed by atoms with Crippen LogP contribution in [0.15, 0.2) is 29.2 Å². The maximum absolute atomic E-state index is 13.4. The van der Waals surface area contributed by atoms with E-state index in [2.05, 4.69) is 15.5 Å². The summed E-state index contributed by atoms with van der Waals surface area (Å²) >= 11 is 0. The molecule has 30 heavy (non-hydrogen) atoms. The molecule has 1 aliphatic heterocycles. The summed E-state index contributed by atoms with van der Waals surface area (Å²) in [7, 11) is -1.26. The molecular weight excluding hydrogens is 417 g/mol. The molecule has 6 nitrogen and oxygen atoms in total. The summed E-state index contributed by atoms with van der Waals surface area (Å²) in [5, 5.41) is 9.86.